The Morgan fingerprint density at radius 2 is 2.12 bits per heavy atom. The first kappa shape index (κ1) is 17.1. The maximum atomic E-state index is 12.7. The minimum absolute atomic E-state index is 0.122. The lowest BCUT2D eigenvalue weighted by atomic mass is 9.46. The fourth-order valence-electron chi connectivity index (χ4n) is 7.81. The number of methoxy groups -OCH3 is 1. The van der Waals surface area contributed by atoms with Crippen LogP contribution in [-0.2, 0) is 19.1 Å². The second-order valence-corrected chi connectivity index (χ2v) is 9.71. The van der Waals surface area contributed by atoms with Gasteiger partial charge in [-0.15, -0.1) is 0 Å². The van der Waals surface area contributed by atoms with Crippen molar-refractivity contribution in [1.29, 1.82) is 0 Å². The summed E-state index contributed by atoms with van der Waals surface area (Å²) < 4.78 is 11.4. The van der Waals surface area contributed by atoms with Crippen molar-refractivity contribution in [2.75, 3.05) is 20.3 Å². The van der Waals surface area contributed by atoms with Crippen LogP contribution in [0.3, 0.4) is 0 Å². The number of Topliss-reactive ketones (excluding diaryl/α,β-unsaturated/α-hetero) is 1. The minimum atomic E-state index is 0.122. The normalized spacial score (nSPS) is 49.2. The maximum Gasteiger partial charge on any atom is 0.162 e. The molecule has 5 rings (SSSR count). The number of ketones is 2. The average molecular weight is 358 g/mol. The van der Waals surface area contributed by atoms with Crippen molar-refractivity contribution in [3.8, 4) is 0 Å². The predicted molar refractivity (Wildman–Crippen MR) is 96.5 cm³/mol. The van der Waals surface area contributed by atoms with Crippen molar-refractivity contribution < 1.29 is 19.1 Å². The van der Waals surface area contributed by atoms with Crippen molar-refractivity contribution in [2.24, 2.45) is 34.5 Å². The van der Waals surface area contributed by atoms with Crippen LogP contribution in [0.1, 0.15) is 51.9 Å². The van der Waals surface area contributed by atoms with Gasteiger partial charge in [0.1, 0.15) is 6.61 Å². The van der Waals surface area contributed by atoms with E-state index in [9.17, 15) is 9.59 Å². The van der Waals surface area contributed by atoms with E-state index in [1.807, 2.05) is 6.08 Å². The minimum Gasteiger partial charge on any atom is -0.377 e. The van der Waals surface area contributed by atoms with E-state index in [4.69, 9.17) is 9.47 Å². The van der Waals surface area contributed by atoms with E-state index in [2.05, 4.69) is 6.92 Å². The van der Waals surface area contributed by atoms with Crippen LogP contribution in [0.5, 0.6) is 0 Å². The molecule has 0 aromatic heterocycles. The van der Waals surface area contributed by atoms with Crippen LogP contribution in [0.4, 0.5) is 0 Å². The average Bonchev–Trinajstić information content (AvgIpc) is 3.09. The SMILES string of the molecule is COCC(=O)[C@H]1CCC2C3C[C@H]4OC[C@@]5(CCC(=O)C=C45)C3CC[C@@]21C. The summed E-state index contributed by atoms with van der Waals surface area (Å²) in [6.07, 6.45) is 9.29. The van der Waals surface area contributed by atoms with E-state index >= 15 is 0 Å². The molecular formula is C22H30O4. The zero-order valence-corrected chi connectivity index (χ0v) is 16.0. The Labute approximate surface area is 155 Å². The molecule has 0 amide bonds. The van der Waals surface area contributed by atoms with Crippen molar-refractivity contribution in [2.45, 2.75) is 58.0 Å². The quantitative estimate of drug-likeness (QED) is 0.776. The molecule has 0 spiro atoms. The molecule has 4 fully saturated rings. The lowest BCUT2D eigenvalue weighted by molar-refractivity contribution is -0.133. The number of carbonyl (C=O) groups is 2. The number of fused-ring (bicyclic) bond motifs is 3. The monoisotopic (exact) mass is 358 g/mol. The molecule has 4 heteroatoms. The van der Waals surface area contributed by atoms with Gasteiger partial charge in [-0.25, -0.2) is 0 Å². The Bertz CT molecular complexity index is 682. The van der Waals surface area contributed by atoms with Crippen molar-refractivity contribution >= 4 is 11.6 Å². The Kier molecular flexibility index (Phi) is 3.78. The molecule has 0 radical (unpaired) electrons. The van der Waals surface area contributed by atoms with Gasteiger partial charge in [-0.2, -0.15) is 0 Å². The summed E-state index contributed by atoms with van der Waals surface area (Å²) >= 11 is 0. The van der Waals surface area contributed by atoms with Gasteiger partial charge >= 0.3 is 0 Å². The van der Waals surface area contributed by atoms with Crippen LogP contribution >= 0.6 is 0 Å². The van der Waals surface area contributed by atoms with Crippen molar-refractivity contribution in [3.05, 3.63) is 11.6 Å². The molecule has 5 aliphatic rings. The standard InChI is InChI=1S/C22H30O4/c1-21-7-6-16-14(15(21)3-4-17(21)19(24)11-25-2)10-20-18-9-13(23)5-8-22(16,18)12-26-20/h9,14-17,20H,3-8,10-12H2,1-2H3/t14?,15?,16?,17-,20-,21+,22+/m1/s1. The van der Waals surface area contributed by atoms with E-state index in [0.29, 0.717) is 30.0 Å². The summed E-state index contributed by atoms with van der Waals surface area (Å²) in [5.74, 6) is 2.65. The molecular weight excluding hydrogens is 328 g/mol. The molecule has 7 atom stereocenters. The Morgan fingerprint density at radius 1 is 1.27 bits per heavy atom. The molecule has 26 heavy (non-hydrogen) atoms. The van der Waals surface area contributed by atoms with E-state index < -0.39 is 0 Å². The third-order valence-electron chi connectivity index (χ3n) is 8.91. The molecule has 4 aliphatic carbocycles. The number of carbonyl (C=O) groups excluding carboxylic acids is 2. The highest BCUT2D eigenvalue weighted by Crippen LogP contribution is 2.68. The van der Waals surface area contributed by atoms with Crippen LogP contribution in [-0.4, -0.2) is 38.0 Å². The summed E-state index contributed by atoms with van der Waals surface area (Å²) in [6.45, 7) is 3.44. The Balaban J connectivity index is 1.48. The van der Waals surface area contributed by atoms with Gasteiger partial charge in [-0.1, -0.05) is 6.92 Å². The first-order valence-electron chi connectivity index (χ1n) is 10.4. The van der Waals surface area contributed by atoms with Crippen molar-refractivity contribution in [1.82, 2.24) is 0 Å². The smallest absolute Gasteiger partial charge is 0.162 e. The molecule has 3 unspecified atom stereocenters. The summed E-state index contributed by atoms with van der Waals surface area (Å²) in [4.78, 5) is 24.7. The maximum absolute atomic E-state index is 12.7. The molecule has 4 nitrogen and oxygen atoms in total. The third-order valence-corrected chi connectivity index (χ3v) is 8.91. The van der Waals surface area contributed by atoms with Gasteiger partial charge in [0.05, 0.1) is 12.7 Å². The molecule has 2 bridgehead atoms. The molecule has 1 aliphatic heterocycles. The first-order valence-corrected chi connectivity index (χ1v) is 10.4. The molecule has 142 valence electrons. The van der Waals surface area contributed by atoms with Gasteiger partial charge in [0.25, 0.3) is 0 Å². The summed E-state index contributed by atoms with van der Waals surface area (Å²) in [6, 6.07) is 0. The van der Waals surface area contributed by atoms with Gasteiger partial charge in [-0.3, -0.25) is 9.59 Å². The summed E-state index contributed by atoms with van der Waals surface area (Å²) in [5.41, 5.74) is 1.57. The second kappa shape index (κ2) is 5.75. The zero-order chi connectivity index (χ0) is 18.1. The van der Waals surface area contributed by atoms with Gasteiger partial charge in [0.2, 0.25) is 0 Å². The molecule has 0 aromatic rings. The van der Waals surface area contributed by atoms with Crippen LogP contribution in [0.15, 0.2) is 11.6 Å². The van der Waals surface area contributed by atoms with Crippen molar-refractivity contribution in [3.63, 3.8) is 0 Å². The number of ether oxygens (including phenoxy) is 2. The van der Waals surface area contributed by atoms with Gasteiger partial charge < -0.3 is 9.47 Å². The number of rotatable bonds is 3. The molecule has 1 heterocycles. The molecule has 1 saturated heterocycles. The largest absolute Gasteiger partial charge is 0.377 e. The zero-order valence-electron chi connectivity index (χ0n) is 16.0. The van der Waals surface area contributed by atoms with E-state index in [0.717, 1.165) is 32.3 Å². The summed E-state index contributed by atoms with van der Waals surface area (Å²) in [7, 11) is 1.62. The predicted octanol–water partition coefficient (Wildman–Crippen LogP) is 3.34. The summed E-state index contributed by atoms with van der Waals surface area (Å²) in [5, 5.41) is 0. The molecule has 0 aromatic carbocycles. The van der Waals surface area contributed by atoms with Gasteiger partial charge in [0, 0.05) is 24.9 Å². The van der Waals surface area contributed by atoms with Crippen LogP contribution in [0.2, 0.25) is 0 Å². The van der Waals surface area contributed by atoms with E-state index in [1.165, 1.54) is 18.4 Å². The topological polar surface area (TPSA) is 52.6 Å². The van der Waals surface area contributed by atoms with E-state index in [1.54, 1.807) is 7.11 Å². The highest BCUT2D eigenvalue weighted by Gasteiger charge is 2.65. The van der Waals surface area contributed by atoms with Gasteiger partial charge in [0.15, 0.2) is 11.6 Å². The van der Waals surface area contributed by atoms with Crippen LogP contribution < -0.4 is 0 Å². The third kappa shape index (κ3) is 2.09. The second-order valence-electron chi connectivity index (χ2n) is 9.71. The van der Waals surface area contributed by atoms with E-state index in [-0.39, 0.29) is 35.2 Å². The highest BCUT2D eigenvalue weighted by atomic mass is 16.5. The first-order chi connectivity index (χ1) is 12.5. The lowest BCUT2D eigenvalue weighted by Crippen LogP contribution is -2.53. The lowest BCUT2D eigenvalue weighted by Gasteiger charge is -2.56. The Morgan fingerprint density at radius 3 is 2.92 bits per heavy atom. The van der Waals surface area contributed by atoms with Crippen LogP contribution in [0.25, 0.3) is 0 Å². The fourth-order valence-corrected chi connectivity index (χ4v) is 7.81. The van der Waals surface area contributed by atoms with Gasteiger partial charge in [-0.05, 0) is 73.3 Å². The Hall–Kier alpha value is -1.00. The molecule has 0 N–H and O–H groups in total. The highest BCUT2D eigenvalue weighted by molar-refractivity contribution is 5.92. The number of hydrogen-bond donors (Lipinski definition) is 0. The number of hydrogen-bond acceptors (Lipinski definition) is 4. The fraction of sp³-hybridized carbons (Fsp3) is 0.818. The van der Waals surface area contributed by atoms with Crippen LogP contribution in [0, 0.1) is 34.5 Å². The molecule has 3 saturated carbocycles.